The summed E-state index contributed by atoms with van der Waals surface area (Å²) < 4.78 is 22.6. The number of nitrogens with one attached hydrogen (secondary N) is 1. The van der Waals surface area contributed by atoms with Gasteiger partial charge in [-0.15, -0.1) is 0 Å². The van der Waals surface area contributed by atoms with Crippen LogP contribution in [0.4, 0.5) is 0 Å². The molecular weight excluding hydrogens is 238 g/mol. The Morgan fingerprint density at radius 1 is 1.29 bits per heavy atom. The van der Waals surface area contributed by atoms with Gasteiger partial charge in [0.2, 0.25) is 0 Å². The lowest BCUT2D eigenvalue weighted by molar-refractivity contribution is 0.602. The Morgan fingerprint density at radius 3 is 2.18 bits per heavy atom. The molecule has 0 spiro atoms. The van der Waals surface area contributed by atoms with Gasteiger partial charge in [0.15, 0.2) is 9.84 Å². The minimum absolute atomic E-state index is 0.107. The topological polar surface area (TPSA) is 84.5 Å². The Balaban J connectivity index is 3.10. The van der Waals surface area contributed by atoms with E-state index in [0.29, 0.717) is 5.84 Å². The second-order valence-corrected chi connectivity index (χ2v) is 6.03. The average Bonchev–Trinajstić information content (AvgIpc) is 2.24. The molecule has 0 aliphatic carbocycles. The van der Waals surface area contributed by atoms with E-state index in [-0.39, 0.29) is 10.9 Å². The molecule has 0 fully saturated rings. The number of nitrogens with zero attached hydrogens (tertiary/aromatic N) is 1. The van der Waals surface area contributed by atoms with Gasteiger partial charge in [0, 0.05) is 17.9 Å². The van der Waals surface area contributed by atoms with Gasteiger partial charge >= 0.3 is 0 Å². The zero-order valence-corrected chi connectivity index (χ0v) is 11.0. The number of benzene rings is 1. The van der Waals surface area contributed by atoms with Crippen molar-refractivity contribution >= 4 is 15.7 Å². The third kappa shape index (κ3) is 3.83. The fourth-order valence-electron chi connectivity index (χ4n) is 1.31. The van der Waals surface area contributed by atoms with E-state index in [1.54, 1.807) is 12.1 Å². The molecule has 0 aliphatic heterocycles. The third-order valence-corrected chi connectivity index (χ3v) is 3.21. The molecule has 0 bridgehead atoms. The predicted molar refractivity (Wildman–Crippen MR) is 68.5 cm³/mol. The fourth-order valence-corrected chi connectivity index (χ4v) is 1.94. The molecular formula is C11H17N3O2S. The fraction of sp³-hybridized carbons (Fsp3) is 0.364. The summed E-state index contributed by atoms with van der Waals surface area (Å²) in [4.78, 5) is 4.57. The van der Waals surface area contributed by atoms with E-state index in [4.69, 9.17) is 5.84 Å². The molecule has 17 heavy (non-hydrogen) atoms. The average molecular weight is 255 g/mol. The lowest BCUT2D eigenvalue weighted by Crippen LogP contribution is -2.32. The molecule has 1 rings (SSSR count). The Bertz CT molecular complexity index is 504. The Labute approximate surface area is 102 Å². The maximum absolute atomic E-state index is 11.3. The summed E-state index contributed by atoms with van der Waals surface area (Å²) in [6.45, 7) is 3.87. The number of hydrogen-bond donors (Lipinski definition) is 2. The summed E-state index contributed by atoms with van der Waals surface area (Å²) in [5, 5.41) is 0. The normalized spacial score (nSPS) is 12.9. The molecule has 94 valence electrons. The largest absolute Gasteiger partial charge is 0.308 e. The van der Waals surface area contributed by atoms with Crippen molar-refractivity contribution < 1.29 is 8.42 Å². The van der Waals surface area contributed by atoms with Crippen molar-refractivity contribution in [3.05, 3.63) is 29.8 Å². The number of hydrogen-bond acceptors (Lipinski definition) is 4. The molecule has 5 nitrogen and oxygen atoms in total. The van der Waals surface area contributed by atoms with Crippen LogP contribution in [-0.4, -0.2) is 26.6 Å². The van der Waals surface area contributed by atoms with E-state index >= 15 is 0 Å². The summed E-state index contributed by atoms with van der Waals surface area (Å²) in [6, 6.07) is 6.54. The smallest absolute Gasteiger partial charge is 0.175 e. The molecule has 6 heteroatoms. The molecule has 0 heterocycles. The highest BCUT2D eigenvalue weighted by Gasteiger charge is 2.08. The first kappa shape index (κ1) is 13.7. The van der Waals surface area contributed by atoms with Crippen molar-refractivity contribution in [1.29, 1.82) is 0 Å². The summed E-state index contributed by atoms with van der Waals surface area (Å²) >= 11 is 0. The van der Waals surface area contributed by atoms with Crippen LogP contribution in [0.5, 0.6) is 0 Å². The van der Waals surface area contributed by atoms with E-state index < -0.39 is 9.84 Å². The van der Waals surface area contributed by atoms with Gasteiger partial charge in [0.1, 0.15) is 5.84 Å². The third-order valence-electron chi connectivity index (χ3n) is 2.08. The molecule has 1 aromatic carbocycles. The van der Waals surface area contributed by atoms with Crippen molar-refractivity contribution in [3.63, 3.8) is 0 Å². The molecule has 0 radical (unpaired) electrons. The van der Waals surface area contributed by atoms with Gasteiger partial charge in [-0.3, -0.25) is 4.99 Å². The van der Waals surface area contributed by atoms with Crippen LogP contribution in [0.1, 0.15) is 19.4 Å². The molecule has 1 aromatic rings. The van der Waals surface area contributed by atoms with E-state index in [0.717, 1.165) is 5.56 Å². The molecule has 0 unspecified atom stereocenters. The maximum atomic E-state index is 11.3. The zero-order valence-electron chi connectivity index (χ0n) is 10.1. The predicted octanol–water partition coefficient (Wildman–Crippen LogP) is 0.708. The minimum Gasteiger partial charge on any atom is -0.308 e. The lowest BCUT2D eigenvalue weighted by Gasteiger charge is -2.08. The van der Waals surface area contributed by atoms with E-state index in [1.165, 1.54) is 18.4 Å². The van der Waals surface area contributed by atoms with E-state index in [1.807, 2.05) is 13.8 Å². The molecule has 3 N–H and O–H groups in total. The summed E-state index contributed by atoms with van der Waals surface area (Å²) in [5.41, 5.74) is 3.27. The Morgan fingerprint density at radius 2 is 1.82 bits per heavy atom. The van der Waals surface area contributed by atoms with Gasteiger partial charge in [-0.1, -0.05) is 0 Å². The first-order valence-electron chi connectivity index (χ1n) is 5.19. The van der Waals surface area contributed by atoms with Gasteiger partial charge < -0.3 is 5.43 Å². The van der Waals surface area contributed by atoms with Crippen LogP contribution in [0.3, 0.4) is 0 Å². The Hall–Kier alpha value is -1.40. The van der Waals surface area contributed by atoms with Gasteiger partial charge in [-0.25, -0.2) is 14.3 Å². The number of rotatable bonds is 3. The number of amidine groups is 1. The van der Waals surface area contributed by atoms with E-state index in [2.05, 4.69) is 10.4 Å². The second kappa shape index (κ2) is 5.29. The van der Waals surface area contributed by atoms with Crippen molar-refractivity contribution in [2.24, 2.45) is 10.8 Å². The van der Waals surface area contributed by atoms with Crippen molar-refractivity contribution in [1.82, 2.24) is 5.43 Å². The maximum Gasteiger partial charge on any atom is 0.175 e. The van der Waals surface area contributed by atoms with Gasteiger partial charge in [0.05, 0.1) is 4.90 Å². The standard InChI is InChI=1S/C11H17N3O2S/c1-8(2)13-11(14-12)9-4-6-10(7-5-9)17(3,15)16/h4-8H,12H2,1-3H3,(H,13,14). The number of aliphatic imine (C=N–C) groups is 1. The van der Waals surface area contributed by atoms with Crippen LogP contribution >= 0.6 is 0 Å². The molecule has 0 aromatic heterocycles. The summed E-state index contributed by atoms with van der Waals surface area (Å²) in [5.74, 6) is 5.92. The van der Waals surface area contributed by atoms with Gasteiger partial charge in [0.25, 0.3) is 0 Å². The van der Waals surface area contributed by atoms with Gasteiger partial charge in [-0.2, -0.15) is 0 Å². The summed E-state index contributed by atoms with van der Waals surface area (Å²) in [6.07, 6.45) is 1.17. The first-order chi connectivity index (χ1) is 7.84. The monoisotopic (exact) mass is 255 g/mol. The first-order valence-corrected chi connectivity index (χ1v) is 7.08. The van der Waals surface area contributed by atoms with Crippen molar-refractivity contribution in [2.75, 3.05) is 6.26 Å². The van der Waals surface area contributed by atoms with Crippen molar-refractivity contribution in [2.45, 2.75) is 24.8 Å². The quantitative estimate of drug-likeness (QED) is 0.360. The van der Waals surface area contributed by atoms with Crippen LogP contribution in [-0.2, 0) is 9.84 Å². The van der Waals surface area contributed by atoms with Crippen LogP contribution in [0.15, 0.2) is 34.2 Å². The lowest BCUT2D eigenvalue weighted by atomic mass is 10.2. The second-order valence-electron chi connectivity index (χ2n) is 4.01. The number of sulfone groups is 1. The highest BCUT2D eigenvalue weighted by atomic mass is 32.2. The molecule has 0 saturated carbocycles. The van der Waals surface area contributed by atoms with Crippen molar-refractivity contribution in [3.8, 4) is 0 Å². The van der Waals surface area contributed by atoms with Crippen LogP contribution in [0, 0.1) is 0 Å². The molecule has 0 amide bonds. The van der Waals surface area contributed by atoms with Crippen LogP contribution < -0.4 is 11.3 Å². The molecule has 0 saturated heterocycles. The molecule has 0 aliphatic rings. The highest BCUT2D eigenvalue weighted by molar-refractivity contribution is 7.90. The van der Waals surface area contributed by atoms with Crippen LogP contribution in [0.25, 0.3) is 0 Å². The molecule has 0 atom stereocenters. The summed E-state index contributed by atoms with van der Waals surface area (Å²) in [7, 11) is -3.17. The van der Waals surface area contributed by atoms with Gasteiger partial charge in [-0.05, 0) is 38.1 Å². The number of nitrogens with two attached hydrogens (primary N) is 1. The SMILES string of the molecule is CC(C)N=C(NN)c1ccc(S(C)(=O)=O)cc1. The zero-order chi connectivity index (χ0) is 13.1. The number of hydrazine groups is 1. The van der Waals surface area contributed by atoms with Crippen LogP contribution in [0.2, 0.25) is 0 Å². The highest BCUT2D eigenvalue weighted by Crippen LogP contribution is 2.10. The minimum atomic E-state index is -3.17. The van der Waals surface area contributed by atoms with E-state index in [9.17, 15) is 8.42 Å². The Kier molecular flexibility index (Phi) is 4.25.